The van der Waals surface area contributed by atoms with Crippen molar-refractivity contribution in [2.45, 2.75) is 0 Å². The van der Waals surface area contributed by atoms with Gasteiger partial charge in [0.1, 0.15) is 18.5 Å². The number of hydrogen-bond acceptors (Lipinski definition) is 7. The van der Waals surface area contributed by atoms with Gasteiger partial charge in [-0.3, -0.25) is 0 Å². The summed E-state index contributed by atoms with van der Waals surface area (Å²) in [5.74, 6) is -0.125. The van der Waals surface area contributed by atoms with Crippen LogP contribution in [0, 0.1) is 5.82 Å². The lowest BCUT2D eigenvalue weighted by atomic mass is 10.3. The van der Waals surface area contributed by atoms with E-state index in [0.29, 0.717) is 0 Å². The number of hydrogen-bond donors (Lipinski definition) is 2. The molecule has 3 aromatic rings. The molecule has 0 aliphatic heterocycles. The molecule has 100 valence electrons. The number of para-hydroxylation sites is 1. The third-order valence-corrected chi connectivity index (χ3v) is 2.38. The number of nitrogens with two attached hydrogens (primary N) is 1. The Balaban J connectivity index is 1.97. The fraction of sp³-hybridized carbons (Fsp3) is 0. The van der Waals surface area contributed by atoms with E-state index in [2.05, 4.69) is 30.4 Å². The second kappa shape index (κ2) is 4.88. The van der Waals surface area contributed by atoms with E-state index in [9.17, 15) is 4.39 Å². The van der Waals surface area contributed by atoms with Crippen LogP contribution in [0.2, 0.25) is 0 Å². The Morgan fingerprint density at radius 1 is 1.15 bits per heavy atom. The Kier molecular flexibility index (Phi) is 2.92. The van der Waals surface area contributed by atoms with Gasteiger partial charge in [0.15, 0.2) is 0 Å². The highest BCUT2D eigenvalue weighted by Crippen LogP contribution is 2.17. The lowest BCUT2D eigenvalue weighted by Gasteiger charge is -2.07. The predicted molar refractivity (Wildman–Crippen MR) is 68.8 cm³/mol. The number of rotatable bonds is 3. The first kappa shape index (κ1) is 12.0. The highest BCUT2D eigenvalue weighted by atomic mass is 19.1. The maximum absolute atomic E-state index is 13.6. The average molecular weight is 272 g/mol. The summed E-state index contributed by atoms with van der Waals surface area (Å²) >= 11 is 0. The molecule has 0 amide bonds. The van der Waals surface area contributed by atoms with Crippen molar-refractivity contribution in [1.29, 1.82) is 0 Å². The molecule has 20 heavy (non-hydrogen) atoms. The Morgan fingerprint density at radius 2 is 2.00 bits per heavy atom. The van der Waals surface area contributed by atoms with Crippen LogP contribution in [0.4, 0.5) is 22.0 Å². The SMILES string of the molecule is Nc1nc(Nc2ccccc2F)nc(-n2cncn2)n1. The molecule has 0 fully saturated rings. The van der Waals surface area contributed by atoms with Crippen LogP contribution in [-0.2, 0) is 0 Å². The summed E-state index contributed by atoms with van der Waals surface area (Å²) in [4.78, 5) is 15.7. The molecule has 0 saturated carbocycles. The first-order valence-electron chi connectivity index (χ1n) is 5.60. The number of benzene rings is 1. The largest absolute Gasteiger partial charge is 0.368 e. The van der Waals surface area contributed by atoms with Gasteiger partial charge < -0.3 is 11.1 Å². The van der Waals surface area contributed by atoms with Gasteiger partial charge in [0.2, 0.25) is 11.9 Å². The van der Waals surface area contributed by atoms with Gasteiger partial charge in [-0.1, -0.05) is 12.1 Å². The molecule has 9 heteroatoms. The van der Waals surface area contributed by atoms with Crippen molar-refractivity contribution in [1.82, 2.24) is 29.7 Å². The van der Waals surface area contributed by atoms with Gasteiger partial charge >= 0.3 is 0 Å². The van der Waals surface area contributed by atoms with E-state index >= 15 is 0 Å². The number of aromatic nitrogens is 6. The number of nitrogens with one attached hydrogen (secondary N) is 1. The quantitative estimate of drug-likeness (QED) is 0.729. The molecule has 0 atom stereocenters. The maximum atomic E-state index is 13.6. The lowest BCUT2D eigenvalue weighted by Crippen LogP contribution is -2.09. The highest BCUT2D eigenvalue weighted by molar-refractivity contribution is 5.54. The number of halogens is 1. The van der Waals surface area contributed by atoms with E-state index in [0.717, 1.165) is 0 Å². The van der Waals surface area contributed by atoms with E-state index in [1.165, 1.54) is 23.4 Å². The molecule has 2 aromatic heterocycles. The molecule has 0 radical (unpaired) electrons. The number of anilines is 3. The molecule has 0 unspecified atom stereocenters. The monoisotopic (exact) mass is 272 g/mol. The van der Waals surface area contributed by atoms with Gasteiger partial charge in [0, 0.05) is 0 Å². The van der Waals surface area contributed by atoms with Gasteiger partial charge in [-0.25, -0.2) is 9.37 Å². The third-order valence-electron chi connectivity index (χ3n) is 2.38. The van der Waals surface area contributed by atoms with E-state index in [4.69, 9.17) is 5.73 Å². The zero-order valence-corrected chi connectivity index (χ0v) is 10.1. The Labute approximate surface area is 112 Å². The fourth-order valence-corrected chi connectivity index (χ4v) is 1.53. The number of nitrogens with zero attached hydrogens (tertiary/aromatic N) is 6. The standard InChI is InChI=1S/C11H9FN8/c12-7-3-1-2-4-8(7)16-10-17-9(13)18-11(19-10)20-6-14-5-15-20/h1-6H,(H3,13,16,17,18,19). The van der Waals surface area contributed by atoms with Gasteiger partial charge in [-0.05, 0) is 12.1 Å². The van der Waals surface area contributed by atoms with Crippen LogP contribution in [-0.4, -0.2) is 29.7 Å². The molecule has 3 rings (SSSR count). The smallest absolute Gasteiger partial charge is 0.258 e. The summed E-state index contributed by atoms with van der Waals surface area (Å²) in [5.41, 5.74) is 5.84. The molecule has 0 spiro atoms. The van der Waals surface area contributed by atoms with Crippen molar-refractivity contribution in [2.75, 3.05) is 11.1 Å². The topological polar surface area (TPSA) is 107 Å². The molecule has 8 nitrogen and oxygen atoms in total. The second-order valence-corrected chi connectivity index (χ2v) is 3.76. The summed E-state index contributed by atoms with van der Waals surface area (Å²) in [7, 11) is 0. The lowest BCUT2D eigenvalue weighted by molar-refractivity contribution is 0.631. The van der Waals surface area contributed by atoms with E-state index < -0.39 is 5.82 Å². The highest BCUT2D eigenvalue weighted by Gasteiger charge is 2.08. The minimum absolute atomic E-state index is 0.00987. The molecule has 1 aromatic carbocycles. The van der Waals surface area contributed by atoms with E-state index in [1.807, 2.05) is 0 Å². The van der Waals surface area contributed by atoms with Gasteiger partial charge in [0.25, 0.3) is 5.95 Å². The molecule has 3 N–H and O–H groups in total. The van der Waals surface area contributed by atoms with Crippen LogP contribution in [0.5, 0.6) is 0 Å². The van der Waals surface area contributed by atoms with Crippen molar-refractivity contribution in [3.8, 4) is 5.95 Å². The van der Waals surface area contributed by atoms with Crippen molar-refractivity contribution >= 4 is 17.6 Å². The van der Waals surface area contributed by atoms with Crippen molar-refractivity contribution in [3.05, 3.63) is 42.7 Å². The minimum Gasteiger partial charge on any atom is -0.368 e. The third kappa shape index (κ3) is 2.36. The summed E-state index contributed by atoms with van der Waals surface area (Å²) in [6.45, 7) is 0. The van der Waals surface area contributed by atoms with Gasteiger partial charge in [-0.15, -0.1) is 0 Å². The van der Waals surface area contributed by atoms with Crippen LogP contribution in [0.25, 0.3) is 5.95 Å². The van der Waals surface area contributed by atoms with Crippen LogP contribution in [0.3, 0.4) is 0 Å². The predicted octanol–water partition coefficient (Wildman–Crippen LogP) is 0.917. The molecule has 0 aliphatic carbocycles. The zero-order valence-electron chi connectivity index (χ0n) is 10.1. The normalized spacial score (nSPS) is 10.4. The number of nitrogen functional groups attached to an aromatic ring is 1. The summed E-state index contributed by atoms with van der Waals surface area (Å²) < 4.78 is 14.9. The van der Waals surface area contributed by atoms with Crippen molar-refractivity contribution < 1.29 is 4.39 Å². The minimum atomic E-state index is -0.422. The molecular formula is C11H9FN8. The molecule has 0 bridgehead atoms. The fourth-order valence-electron chi connectivity index (χ4n) is 1.53. The Hall–Kier alpha value is -3.10. The van der Waals surface area contributed by atoms with E-state index in [1.54, 1.807) is 18.2 Å². The Morgan fingerprint density at radius 3 is 2.75 bits per heavy atom. The molecule has 0 saturated heterocycles. The van der Waals surface area contributed by atoms with Gasteiger partial charge in [-0.2, -0.15) is 24.7 Å². The maximum Gasteiger partial charge on any atom is 0.258 e. The van der Waals surface area contributed by atoms with Crippen LogP contribution in [0.1, 0.15) is 0 Å². The summed E-state index contributed by atoms with van der Waals surface area (Å²) in [6.07, 6.45) is 2.76. The first-order chi connectivity index (χ1) is 9.72. The Bertz CT molecular complexity index is 727. The van der Waals surface area contributed by atoms with Crippen LogP contribution >= 0.6 is 0 Å². The zero-order chi connectivity index (χ0) is 13.9. The first-order valence-corrected chi connectivity index (χ1v) is 5.60. The van der Waals surface area contributed by atoms with E-state index in [-0.39, 0.29) is 23.5 Å². The van der Waals surface area contributed by atoms with Crippen molar-refractivity contribution in [3.63, 3.8) is 0 Å². The summed E-state index contributed by atoms with van der Waals surface area (Å²) in [5, 5.41) is 6.63. The van der Waals surface area contributed by atoms with Crippen LogP contribution < -0.4 is 11.1 Å². The average Bonchev–Trinajstić information content (AvgIpc) is 2.95. The second-order valence-electron chi connectivity index (χ2n) is 3.76. The van der Waals surface area contributed by atoms with Crippen molar-refractivity contribution in [2.24, 2.45) is 0 Å². The summed E-state index contributed by atoms with van der Waals surface area (Å²) in [6, 6.07) is 6.16. The van der Waals surface area contributed by atoms with Gasteiger partial charge in [0.05, 0.1) is 5.69 Å². The molecule has 2 heterocycles. The molecule has 0 aliphatic rings. The van der Waals surface area contributed by atoms with Crippen LogP contribution in [0.15, 0.2) is 36.9 Å². The molecular weight excluding hydrogens is 263 g/mol.